The molecule has 1 saturated heterocycles. The number of guanidine groups is 1. The standard InChI is InChI=1S/C17H25ClN4/c1-2-22-8-4-7-14(22)11-20-17(19)21-16-10-15(16)12-5-3-6-13(18)9-12/h3,5-6,9,14-16H,2,4,7-8,10-11H2,1H3,(H3,19,20,21). The van der Waals surface area contributed by atoms with Gasteiger partial charge in [0.15, 0.2) is 5.96 Å². The molecule has 22 heavy (non-hydrogen) atoms. The van der Waals surface area contributed by atoms with Gasteiger partial charge in [-0.25, -0.2) is 0 Å². The first-order valence-corrected chi connectivity index (χ1v) is 8.61. The van der Waals surface area contributed by atoms with Gasteiger partial charge < -0.3 is 11.1 Å². The molecule has 3 atom stereocenters. The number of hydrogen-bond acceptors (Lipinski definition) is 2. The molecule has 3 unspecified atom stereocenters. The van der Waals surface area contributed by atoms with Crippen molar-refractivity contribution < 1.29 is 0 Å². The summed E-state index contributed by atoms with van der Waals surface area (Å²) >= 11 is 6.05. The summed E-state index contributed by atoms with van der Waals surface area (Å²) in [4.78, 5) is 7.03. The van der Waals surface area contributed by atoms with Gasteiger partial charge in [0.25, 0.3) is 0 Å². The number of likely N-dealkylation sites (N-methyl/N-ethyl adjacent to an activating group) is 1. The smallest absolute Gasteiger partial charge is 0.188 e. The number of hydrogen-bond donors (Lipinski definition) is 2. The van der Waals surface area contributed by atoms with Crippen LogP contribution in [-0.4, -0.2) is 42.6 Å². The van der Waals surface area contributed by atoms with Gasteiger partial charge in [-0.15, -0.1) is 0 Å². The Labute approximate surface area is 137 Å². The Morgan fingerprint density at radius 3 is 3.14 bits per heavy atom. The molecule has 0 bridgehead atoms. The average molecular weight is 321 g/mol. The minimum Gasteiger partial charge on any atom is -0.370 e. The van der Waals surface area contributed by atoms with Crippen molar-refractivity contribution in [3.63, 3.8) is 0 Å². The first-order valence-electron chi connectivity index (χ1n) is 8.23. The van der Waals surface area contributed by atoms with Gasteiger partial charge in [-0.05, 0) is 50.0 Å². The third-order valence-corrected chi connectivity index (χ3v) is 5.01. The number of nitrogens with one attached hydrogen (secondary N) is 1. The van der Waals surface area contributed by atoms with Crippen LogP contribution >= 0.6 is 11.6 Å². The lowest BCUT2D eigenvalue weighted by atomic mass is 10.1. The maximum Gasteiger partial charge on any atom is 0.188 e. The van der Waals surface area contributed by atoms with Crippen LogP contribution in [0.25, 0.3) is 0 Å². The summed E-state index contributed by atoms with van der Waals surface area (Å²) in [5, 5.41) is 4.14. The van der Waals surface area contributed by atoms with Crippen molar-refractivity contribution in [1.29, 1.82) is 0 Å². The molecular formula is C17H25ClN4. The molecule has 1 aliphatic heterocycles. The normalized spacial score (nSPS) is 28.8. The lowest BCUT2D eigenvalue weighted by Gasteiger charge is -2.21. The van der Waals surface area contributed by atoms with Gasteiger partial charge in [0, 0.05) is 23.0 Å². The molecule has 0 spiro atoms. The van der Waals surface area contributed by atoms with E-state index in [9.17, 15) is 0 Å². The molecule has 3 N–H and O–H groups in total. The van der Waals surface area contributed by atoms with E-state index >= 15 is 0 Å². The molecule has 120 valence electrons. The lowest BCUT2D eigenvalue weighted by molar-refractivity contribution is 0.273. The van der Waals surface area contributed by atoms with Crippen LogP contribution < -0.4 is 11.1 Å². The summed E-state index contributed by atoms with van der Waals surface area (Å²) in [6.45, 7) is 5.32. The van der Waals surface area contributed by atoms with Crippen LogP contribution in [0, 0.1) is 0 Å². The number of benzene rings is 1. The zero-order valence-corrected chi connectivity index (χ0v) is 13.9. The van der Waals surface area contributed by atoms with Gasteiger partial charge in [-0.1, -0.05) is 30.7 Å². The van der Waals surface area contributed by atoms with E-state index in [-0.39, 0.29) is 0 Å². The molecule has 1 heterocycles. The van der Waals surface area contributed by atoms with Crippen molar-refractivity contribution in [3.8, 4) is 0 Å². The molecule has 5 heteroatoms. The zero-order chi connectivity index (χ0) is 15.5. The molecule has 1 saturated carbocycles. The Hall–Kier alpha value is -1.26. The van der Waals surface area contributed by atoms with Crippen LogP contribution in [-0.2, 0) is 0 Å². The molecule has 0 aromatic heterocycles. The fourth-order valence-electron chi connectivity index (χ4n) is 3.42. The second-order valence-electron chi connectivity index (χ2n) is 6.30. The number of aliphatic imine (C=N–C) groups is 1. The predicted molar refractivity (Wildman–Crippen MR) is 92.5 cm³/mol. The fraction of sp³-hybridized carbons (Fsp3) is 0.588. The van der Waals surface area contributed by atoms with Crippen LogP contribution in [0.15, 0.2) is 29.3 Å². The quantitative estimate of drug-likeness (QED) is 0.647. The Bertz CT molecular complexity index is 545. The molecule has 1 aromatic carbocycles. The first kappa shape index (κ1) is 15.6. The van der Waals surface area contributed by atoms with Gasteiger partial charge in [-0.2, -0.15) is 0 Å². The molecule has 0 amide bonds. The number of likely N-dealkylation sites (tertiary alicyclic amines) is 1. The Morgan fingerprint density at radius 2 is 2.36 bits per heavy atom. The van der Waals surface area contributed by atoms with E-state index in [4.69, 9.17) is 17.3 Å². The van der Waals surface area contributed by atoms with Crippen molar-refractivity contribution in [2.24, 2.45) is 10.7 Å². The fourth-order valence-corrected chi connectivity index (χ4v) is 3.62. The summed E-state index contributed by atoms with van der Waals surface area (Å²) in [5.74, 6) is 1.09. The van der Waals surface area contributed by atoms with E-state index < -0.39 is 0 Å². The highest BCUT2D eigenvalue weighted by Crippen LogP contribution is 2.41. The molecule has 3 rings (SSSR count). The molecule has 1 aliphatic carbocycles. The van der Waals surface area contributed by atoms with Crippen LogP contribution in [0.3, 0.4) is 0 Å². The maximum absolute atomic E-state index is 6.05. The number of halogens is 1. The summed E-state index contributed by atoms with van der Waals surface area (Å²) in [5.41, 5.74) is 7.33. The monoisotopic (exact) mass is 320 g/mol. The van der Waals surface area contributed by atoms with Crippen molar-refractivity contribution in [2.75, 3.05) is 19.6 Å². The highest BCUT2D eigenvalue weighted by molar-refractivity contribution is 6.30. The SMILES string of the molecule is CCN1CCCC1CN=C(N)NC1CC1c1cccc(Cl)c1. The molecule has 4 nitrogen and oxygen atoms in total. The van der Waals surface area contributed by atoms with Gasteiger partial charge >= 0.3 is 0 Å². The molecule has 0 radical (unpaired) electrons. The summed E-state index contributed by atoms with van der Waals surface area (Å²) in [6, 6.07) is 9.04. The van der Waals surface area contributed by atoms with E-state index in [1.54, 1.807) is 0 Å². The predicted octanol–water partition coefficient (Wildman–Crippen LogP) is 2.58. The Morgan fingerprint density at radius 1 is 1.50 bits per heavy atom. The summed E-state index contributed by atoms with van der Waals surface area (Å²) < 4.78 is 0. The van der Waals surface area contributed by atoms with E-state index in [0.29, 0.717) is 24.0 Å². The maximum atomic E-state index is 6.05. The summed E-state index contributed by atoms with van der Waals surface area (Å²) in [7, 11) is 0. The third-order valence-electron chi connectivity index (χ3n) is 4.78. The topological polar surface area (TPSA) is 53.6 Å². The molecule has 2 aliphatic rings. The zero-order valence-electron chi connectivity index (χ0n) is 13.1. The number of nitrogens with zero attached hydrogens (tertiary/aromatic N) is 2. The molecule has 1 aromatic rings. The van der Waals surface area contributed by atoms with Crippen LogP contribution in [0.2, 0.25) is 5.02 Å². The van der Waals surface area contributed by atoms with E-state index in [1.165, 1.54) is 24.9 Å². The van der Waals surface area contributed by atoms with Crippen molar-refractivity contribution in [1.82, 2.24) is 10.2 Å². The van der Waals surface area contributed by atoms with Crippen LogP contribution in [0.1, 0.15) is 37.7 Å². The van der Waals surface area contributed by atoms with Gasteiger partial charge in [0.2, 0.25) is 0 Å². The third kappa shape index (κ3) is 3.73. The van der Waals surface area contributed by atoms with Gasteiger partial charge in [0.05, 0.1) is 6.54 Å². The number of rotatable bonds is 5. The summed E-state index contributed by atoms with van der Waals surface area (Å²) in [6.07, 6.45) is 3.61. The second-order valence-corrected chi connectivity index (χ2v) is 6.74. The van der Waals surface area contributed by atoms with Crippen LogP contribution in [0.4, 0.5) is 0 Å². The minimum atomic E-state index is 0.396. The minimum absolute atomic E-state index is 0.396. The van der Waals surface area contributed by atoms with E-state index in [2.05, 4.69) is 28.2 Å². The highest BCUT2D eigenvalue weighted by Gasteiger charge is 2.38. The molecule has 2 fully saturated rings. The van der Waals surface area contributed by atoms with E-state index in [0.717, 1.165) is 24.5 Å². The molecular weight excluding hydrogens is 296 g/mol. The van der Waals surface area contributed by atoms with Gasteiger partial charge in [0.1, 0.15) is 0 Å². The Kier molecular flexibility index (Phi) is 4.89. The van der Waals surface area contributed by atoms with Crippen molar-refractivity contribution >= 4 is 17.6 Å². The van der Waals surface area contributed by atoms with Crippen LogP contribution in [0.5, 0.6) is 0 Å². The van der Waals surface area contributed by atoms with E-state index in [1.807, 2.05) is 18.2 Å². The number of nitrogens with two attached hydrogens (primary N) is 1. The van der Waals surface area contributed by atoms with Crippen molar-refractivity contribution in [2.45, 2.75) is 44.2 Å². The van der Waals surface area contributed by atoms with Crippen molar-refractivity contribution in [3.05, 3.63) is 34.9 Å². The largest absolute Gasteiger partial charge is 0.370 e. The second kappa shape index (κ2) is 6.88. The van der Waals surface area contributed by atoms with Gasteiger partial charge in [-0.3, -0.25) is 9.89 Å². The Balaban J connectivity index is 1.48. The first-order chi connectivity index (χ1) is 10.7. The lowest BCUT2D eigenvalue weighted by Crippen LogP contribution is -2.37. The highest BCUT2D eigenvalue weighted by atomic mass is 35.5. The average Bonchev–Trinajstić information content (AvgIpc) is 3.11.